The summed E-state index contributed by atoms with van der Waals surface area (Å²) >= 11 is 0. The third kappa shape index (κ3) is 6.19. The SMILES string of the molecule is CS(=O)(=O)c1ccc(-c2cc(CC(=O)CCO[N+](=O)[O-])nn2-c2ccc(C(F)(F)F)cc2)cc1. The first-order valence-corrected chi connectivity index (χ1v) is 11.6. The predicted octanol–water partition coefficient (Wildman–Crippen LogP) is 3.67. The van der Waals surface area contributed by atoms with Crippen molar-refractivity contribution in [1.82, 2.24) is 9.78 Å². The fourth-order valence-electron chi connectivity index (χ4n) is 3.11. The predicted molar refractivity (Wildman–Crippen MR) is 113 cm³/mol. The number of ketones is 1. The minimum atomic E-state index is -4.52. The molecule has 3 aromatic rings. The molecule has 13 heteroatoms. The van der Waals surface area contributed by atoms with Crippen molar-refractivity contribution in [3.63, 3.8) is 0 Å². The van der Waals surface area contributed by atoms with Gasteiger partial charge in [-0.25, -0.2) is 13.1 Å². The molecule has 0 amide bonds. The molecule has 0 unspecified atom stereocenters. The van der Waals surface area contributed by atoms with E-state index in [2.05, 4.69) is 9.94 Å². The van der Waals surface area contributed by atoms with Crippen LogP contribution in [0.1, 0.15) is 17.7 Å². The minimum Gasteiger partial charge on any atom is -0.313 e. The van der Waals surface area contributed by atoms with E-state index in [4.69, 9.17) is 0 Å². The van der Waals surface area contributed by atoms with Crippen molar-refractivity contribution < 1.29 is 36.3 Å². The van der Waals surface area contributed by atoms with Gasteiger partial charge in [0.2, 0.25) is 0 Å². The normalized spacial score (nSPS) is 11.9. The second-order valence-electron chi connectivity index (χ2n) is 7.30. The van der Waals surface area contributed by atoms with Crippen molar-refractivity contribution in [3.05, 3.63) is 76.0 Å². The molecule has 0 aliphatic heterocycles. The van der Waals surface area contributed by atoms with Crippen molar-refractivity contribution in [2.45, 2.75) is 23.9 Å². The fourth-order valence-corrected chi connectivity index (χ4v) is 3.74. The summed E-state index contributed by atoms with van der Waals surface area (Å²) in [5.74, 6) is -0.391. The first-order valence-electron chi connectivity index (χ1n) is 9.70. The van der Waals surface area contributed by atoms with Crippen LogP contribution in [0.4, 0.5) is 13.2 Å². The second kappa shape index (κ2) is 9.63. The largest absolute Gasteiger partial charge is 0.416 e. The van der Waals surface area contributed by atoms with Gasteiger partial charge < -0.3 is 4.84 Å². The van der Waals surface area contributed by atoms with Crippen molar-refractivity contribution in [3.8, 4) is 16.9 Å². The number of halogens is 3. The summed E-state index contributed by atoms with van der Waals surface area (Å²) < 4.78 is 63.6. The second-order valence-corrected chi connectivity index (χ2v) is 9.31. The molecule has 0 atom stereocenters. The molecule has 0 N–H and O–H groups in total. The van der Waals surface area contributed by atoms with Crippen LogP contribution < -0.4 is 0 Å². The van der Waals surface area contributed by atoms with Crippen LogP contribution in [-0.2, 0) is 32.1 Å². The quantitative estimate of drug-likeness (QED) is 0.327. The van der Waals surface area contributed by atoms with Crippen molar-refractivity contribution in [2.24, 2.45) is 0 Å². The summed E-state index contributed by atoms with van der Waals surface area (Å²) in [5.41, 5.74) is 0.627. The number of Topliss-reactive ketones (excluding diaryl/α,β-unsaturated/α-hetero) is 1. The molecule has 1 aromatic heterocycles. The maximum atomic E-state index is 12.9. The number of carbonyl (C=O) groups is 1. The topological polar surface area (TPSA) is 121 Å². The lowest BCUT2D eigenvalue weighted by atomic mass is 10.1. The molecular formula is C21H18F3N3O6S. The number of hydrogen-bond donors (Lipinski definition) is 0. The molecule has 3 rings (SSSR count). The Balaban J connectivity index is 1.97. The highest BCUT2D eigenvalue weighted by molar-refractivity contribution is 7.90. The fraction of sp³-hybridized carbons (Fsp3) is 0.238. The summed E-state index contributed by atoms with van der Waals surface area (Å²) in [7, 11) is -3.44. The van der Waals surface area contributed by atoms with Crippen LogP contribution in [0, 0.1) is 10.1 Å². The third-order valence-electron chi connectivity index (χ3n) is 4.73. The Morgan fingerprint density at radius 3 is 2.26 bits per heavy atom. The summed E-state index contributed by atoms with van der Waals surface area (Å²) in [4.78, 5) is 26.6. The molecule has 2 aromatic carbocycles. The highest BCUT2D eigenvalue weighted by Crippen LogP contribution is 2.31. The number of aromatic nitrogens is 2. The molecule has 0 radical (unpaired) electrons. The van der Waals surface area contributed by atoms with E-state index in [1.165, 1.54) is 41.1 Å². The first kappa shape index (κ1) is 24.9. The van der Waals surface area contributed by atoms with Gasteiger partial charge >= 0.3 is 6.18 Å². The van der Waals surface area contributed by atoms with Crippen LogP contribution in [0.15, 0.2) is 59.5 Å². The lowest BCUT2D eigenvalue weighted by molar-refractivity contribution is -0.757. The van der Waals surface area contributed by atoms with Crippen LogP contribution >= 0.6 is 0 Å². The molecule has 0 saturated heterocycles. The van der Waals surface area contributed by atoms with E-state index >= 15 is 0 Å². The van der Waals surface area contributed by atoms with E-state index in [-0.39, 0.29) is 29.1 Å². The van der Waals surface area contributed by atoms with Crippen LogP contribution in [-0.4, -0.2) is 41.9 Å². The van der Waals surface area contributed by atoms with Gasteiger partial charge in [-0.2, -0.15) is 18.3 Å². The zero-order valence-electron chi connectivity index (χ0n) is 17.7. The number of carbonyl (C=O) groups excluding carboxylic acids is 1. The zero-order valence-corrected chi connectivity index (χ0v) is 18.5. The molecule has 1 heterocycles. The minimum absolute atomic E-state index is 0.0815. The number of rotatable bonds is 9. The van der Waals surface area contributed by atoms with Gasteiger partial charge in [-0.1, -0.05) is 12.1 Å². The Labute approximate surface area is 191 Å². The highest BCUT2D eigenvalue weighted by Gasteiger charge is 2.30. The highest BCUT2D eigenvalue weighted by atomic mass is 32.2. The van der Waals surface area contributed by atoms with E-state index in [0.29, 0.717) is 11.3 Å². The lowest BCUT2D eigenvalue weighted by Gasteiger charge is -2.10. The standard InChI is InChI=1S/C21H18F3N3O6S/c1-34(31,32)19-8-2-14(3-9-19)20-13-16(12-18(28)10-11-33-27(29)30)25-26(20)17-6-4-15(5-7-17)21(22,23)24/h2-9,13H,10-12H2,1H3. The molecule has 0 aliphatic rings. The molecule has 9 nitrogen and oxygen atoms in total. The third-order valence-corrected chi connectivity index (χ3v) is 5.86. The van der Waals surface area contributed by atoms with Gasteiger partial charge in [0.25, 0.3) is 5.09 Å². The Morgan fingerprint density at radius 2 is 1.74 bits per heavy atom. The molecule has 180 valence electrons. The number of alkyl halides is 3. The Hall–Kier alpha value is -3.74. The van der Waals surface area contributed by atoms with E-state index < -0.39 is 39.1 Å². The molecule has 34 heavy (non-hydrogen) atoms. The molecule has 0 saturated carbocycles. The van der Waals surface area contributed by atoms with Crippen molar-refractivity contribution >= 4 is 15.6 Å². The summed E-state index contributed by atoms with van der Waals surface area (Å²) in [6.07, 6.45) is -3.88. The van der Waals surface area contributed by atoms with Gasteiger partial charge in [-0.15, -0.1) is 10.1 Å². The Morgan fingerprint density at radius 1 is 1.12 bits per heavy atom. The molecular weight excluding hydrogens is 479 g/mol. The van der Waals surface area contributed by atoms with E-state index in [9.17, 15) is 36.5 Å². The van der Waals surface area contributed by atoms with Gasteiger partial charge in [0, 0.05) is 18.2 Å². The van der Waals surface area contributed by atoms with Crippen LogP contribution in [0.2, 0.25) is 0 Å². The molecule has 0 spiro atoms. The maximum Gasteiger partial charge on any atom is 0.416 e. The van der Waals surface area contributed by atoms with Gasteiger partial charge in [0.15, 0.2) is 9.84 Å². The number of nitrogens with zero attached hydrogens (tertiary/aromatic N) is 3. The summed E-state index contributed by atoms with van der Waals surface area (Å²) in [6.45, 7) is -0.411. The molecule has 0 aliphatic carbocycles. The average molecular weight is 497 g/mol. The summed E-state index contributed by atoms with van der Waals surface area (Å²) in [6, 6.07) is 11.6. The van der Waals surface area contributed by atoms with E-state index in [1.54, 1.807) is 6.07 Å². The van der Waals surface area contributed by atoms with E-state index in [0.717, 1.165) is 18.4 Å². The maximum absolute atomic E-state index is 12.9. The first-order chi connectivity index (χ1) is 15.8. The number of hydrogen-bond acceptors (Lipinski definition) is 7. The average Bonchev–Trinajstić information content (AvgIpc) is 3.16. The van der Waals surface area contributed by atoms with E-state index in [1.807, 2.05) is 0 Å². The zero-order chi connectivity index (χ0) is 25.1. The smallest absolute Gasteiger partial charge is 0.313 e. The van der Waals surface area contributed by atoms with Crippen molar-refractivity contribution in [2.75, 3.05) is 12.9 Å². The summed E-state index contributed by atoms with van der Waals surface area (Å²) in [5, 5.41) is 13.5. The van der Waals surface area contributed by atoms with Crippen LogP contribution in [0.5, 0.6) is 0 Å². The Bertz CT molecular complexity index is 1300. The lowest BCUT2D eigenvalue weighted by Crippen LogP contribution is -2.10. The van der Waals surface area contributed by atoms with Crippen molar-refractivity contribution in [1.29, 1.82) is 0 Å². The van der Waals surface area contributed by atoms with Crippen LogP contribution in [0.25, 0.3) is 16.9 Å². The van der Waals surface area contributed by atoms with Gasteiger partial charge in [0.1, 0.15) is 12.4 Å². The number of sulfone groups is 1. The number of benzene rings is 2. The Kier molecular flexibility index (Phi) is 7.05. The van der Waals surface area contributed by atoms with Crippen LogP contribution in [0.3, 0.4) is 0 Å². The molecule has 0 fully saturated rings. The van der Waals surface area contributed by atoms with Gasteiger partial charge in [0.05, 0.1) is 34.0 Å². The molecule has 0 bridgehead atoms. The van der Waals surface area contributed by atoms with Gasteiger partial charge in [-0.3, -0.25) is 4.79 Å². The van der Waals surface area contributed by atoms with Gasteiger partial charge in [-0.05, 0) is 42.5 Å². The monoisotopic (exact) mass is 497 g/mol.